The van der Waals surface area contributed by atoms with Crippen molar-refractivity contribution in [1.82, 2.24) is 4.72 Å². The Labute approximate surface area is 122 Å². The zero-order valence-corrected chi connectivity index (χ0v) is 13.1. The van der Waals surface area contributed by atoms with Crippen molar-refractivity contribution in [1.29, 1.82) is 0 Å². The van der Waals surface area contributed by atoms with Crippen LogP contribution in [0.25, 0.3) is 0 Å². The molecule has 0 aliphatic carbocycles. The van der Waals surface area contributed by atoms with E-state index in [1.54, 1.807) is 24.3 Å². The van der Waals surface area contributed by atoms with Crippen molar-refractivity contribution < 1.29 is 13.5 Å². The maximum Gasteiger partial charge on any atom is 0.240 e. The molecule has 2 N–H and O–H groups in total. The van der Waals surface area contributed by atoms with Crippen LogP contribution in [-0.4, -0.2) is 26.7 Å². The summed E-state index contributed by atoms with van der Waals surface area (Å²) in [5.74, 6) is 0. The smallest absolute Gasteiger partial charge is 0.240 e. The molecule has 0 spiro atoms. The van der Waals surface area contributed by atoms with E-state index in [1.165, 1.54) is 0 Å². The van der Waals surface area contributed by atoms with Gasteiger partial charge in [-0.25, -0.2) is 13.1 Å². The molecule has 1 aromatic carbocycles. The Morgan fingerprint density at radius 1 is 1.06 bits per heavy atom. The van der Waals surface area contributed by atoms with Crippen LogP contribution in [-0.2, 0) is 10.0 Å². The van der Waals surface area contributed by atoms with Gasteiger partial charge in [-0.1, -0.05) is 12.8 Å². The van der Waals surface area contributed by atoms with Crippen LogP contribution < -0.4 is 4.72 Å². The Morgan fingerprint density at radius 3 is 2.28 bits per heavy atom. The average molecular weight is 383 g/mol. The average Bonchev–Trinajstić information content (AvgIpc) is 2.34. The van der Waals surface area contributed by atoms with Crippen molar-refractivity contribution in [3.63, 3.8) is 0 Å². The van der Waals surface area contributed by atoms with Crippen molar-refractivity contribution >= 4 is 32.6 Å². The first-order valence-corrected chi connectivity index (χ1v) is 8.48. The number of aliphatic hydroxyl groups is 1. The summed E-state index contributed by atoms with van der Waals surface area (Å²) < 4.78 is 27.3. The number of nitrogens with one attached hydrogen (secondary N) is 1. The van der Waals surface area contributed by atoms with E-state index in [1.807, 2.05) is 0 Å². The van der Waals surface area contributed by atoms with Crippen molar-refractivity contribution in [3.05, 3.63) is 27.8 Å². The molecule has 0 aromatic heterocycles. The minimum atomic E-state index is -3.37. The molecule has 0 bridgehead atoms. The third kappa shape index (κ3) is 5.64. The second kappa shape index (κ2) is 8.08. The van der Waals surface area contributed by atoms with Gasteiger partial charge in [-0.05, 0) is 59.7 Å². The standard InChI is InChI=1S/C12H18INO3S/c13-11-5-7-12(8-6-11)18(16,17)14-9-3-1-2-4-10-15/h5-8,14-15H,1-4,9-10H2. The lowest BCUT2D eigenvalue weighted by Gasteiger charge is -2.06. The Balaban J connectivity index is 2.38. The molecule has 1 aromatic rings. The summed E-state index contributed by atoms with van der Waals surface area (Å²) in [5, 5.41) is 8.61. The van der Waals surface area contributed by atoms with Crippen molar-refractivity contribution in [2.45, 2.75) is 30.6 Å². The van der Waals surface area contributed by atoms with Crippen molar-refractivity contribution in [2.75, 3.05) is 13.2 Å². The third-order valence-electron chi connectivity index (χ3n) is 2.50. The number of aliphatic hydroxyl groups excluding tert-OH is 1. The summed E-state index contributed by atoms with van der Waals surface area (Å²) in [5.41, 5.74) is 0. The molecule has 0 aliphatic rings. The van der Waals surface area contributed by atoms with Crippen LogP contribution >= 0.6 is 22.6 Å². The summed E-state index contributed by atoms with van der Waals surface area (Å²) >= 11 is 2.14. The van der Waals surface area contributed by atoms with Crippen LogP contribution in [0.5, 0.6) is 0 Å². The summed E-state index contributed by atoms with van der Waals surface area (Å²) in [4.78, 5) is 0.304. The minimum absolute atomic E-state index is 0.203. The monoisotopic (exact) mass is 383 g/mol. The molecule has 0 heterocycles. The van der Waals surface area contributed by atoms with Crippen LogP contribution in [0.1, 0.15) is 25.7 Å². The molecule has 0 amide bonds. The lowest BCUT2D eigenvalue weighted by molar-refractivity contribution is 0.282. The van der Waals surface area contributed by atoms with E-state index in [9.17, 15) is 8.42 Å². The fourth-order valence-electron chi connectivity index (χ4n) is 1.49. The number of unbranched alkanes of at least 4 members (excludes halogenated alkanes) is 3. The lowest BCUT2D eigenvalue weighted by atomic mass is 10.2. The number of sulfonamides is 1. The molecule has 0 atom stereocenters. The van der Waals surface area contributed by atoms with Gasteiger partial charge < -0.3 is 5.11 Å². The summed E-state index contributed by atoms with van der Waals surface area (Å²) in [7, 11) is -3.37. The van der Waals surface area contributed by atoms with Crippen molar-refractivity contribution in [3.8, 4) is 0 Å². The van der Waals surface area contributed by atoms with E-state index >= 15 is 0 Å². The number of halogens is 1. The maximum absolute atomic E-state index is 11.9. The molecule has 0 radical (unpaired) electrons. The summed E-state index contributed by atoms with van der Waals surface area (Å²) in [6.07, 6.45) is 3.44. The Bertz CT molecular complexity index is 445. The second-order valence-corrected chi connectivity index (χ2v) is 7.00. The number of rotatable bonds is 8. The number of hydrogen-bond acceptors (Lipinski definition) is 3. The SMILES string of the molecule is O=S(=O)(NCCCCCCO)c1ccc(I)cc1. The second-order valence-electron chi connectivity index (χ2n) is 3.99. The molecule has 1 rings (SSSR count). The largest absolute Gasteiger partial charge is 0.396 e. The van der Waals surface area contributed by atoms with E-state index in [-0.39, 0.29) is 6.61 Å². The van der Waals surface area contributed by atoms with Crippen molar-refractivity contribution in [2.24, 2.45) is 0 Å². The highest BCUT2D eigenvalue weighted by molar-refractivity contribution is 14.1. The highest BCUT2D eigenvalue weighted by Crippen LogP contribution is 2.11. The quantitative estimate of drug-likeness (QED) is 0.534. The molecule has 0 aliphatic heterocycles. The summed E-state index contributed by atoms with van der Waals surface area (Å²) in [6.45, 7) is 0.647. The van der Waals surface area contributed by atoms with Gasteiger partial charge in [0.25, 0.3) is 0 Å². The predicted molar refractivity (Wildman–Crippen MR) is 79.9 cm³/mol. The van der Waals surface area contributed by atoms with Crippen LogP contribution in [0.3, 0.4) is 0 Å². The lowest BCUT2D eigenvalue weighted by Crippen LogP contribution is -2.24. The molecular formula is C12H18INO3S. The van der Waals surface area contributed by atoms with Gasteiger partial charge >= 0.3 is 0 Å². The topological polar surface area (TPSA) is 66.4 Å². The summed E-state index contributed by atoms with van der Waals surface area (Å²) in [6, 6.07) is 6.76. The van der Waals surface area contributed by atoms with Gasteiger partial charge in [0, 0.05) is 16.7 Å². The van der Waals surface area contributed by atoms with E-state index in [0.29, 0.717) is 11.4 Å². The molecule has 102 valence electrons. The zero-order valence-electron chi connectivity index (χ0n) is 10.1. The van der Waals surface area contributed by atoms with E-state index in [0.717, 1.165) is 29.3 Å². The zero-order chi connectivity index (χ0) is 13.4. The molecule has 0 saturated heterocycles. The van der Waals surface area contributed by atoms with Gasteiger partial charge in [0.15, 0.2) is 0 Å². The molecule has 4 nitrogen and oxygen atoms in total. The van der Waals surface area contributed by atoms with E-state index in [4.69, 9.17) is 5.11 Å². The number of benzene rings is 1. The fraction of sp³-hybridized carbons (Fsp3) is 0.500. The highest BCUT2D eigenvalue weighted by atomic mass is 127. The molecular weight excluding hydrogens is 365 g/mol. The van der Waals surface area contributed by atoms with Gasteiger partial charge in [-0.2, -0.15) is 0 Å². The van der Waals surface area contributed by atoms with Gasteiger partial charge in [-0.3, -0.25) is 0 Å². The van der Waals surface area contributed by atoms with Gasteiger partial charge in [0.1, 0.15) is 0 Å². The first kappa shape index (κ1) is 15.9. The van der Waals surface area contributed by atoms with Crippen LogP contribution in [0.4, 0.5) is 0 Å². The van der Waals surface area contributed by atoms with Gasteiger partial charge in [0.2, 0.25) is 10.0 Å². The molecule has 0 fully saturated rings. The molecule has 0 saturated carbocycles. The first-order chi connectivity index (χ1) is 8.56. The Morgan fingerprint density at radius 2 is 1.67 bits per heavy atom. The van der Waals surface area contributed by atoms with Crippen LogP contribution in [0.15, 0.2) is 29.2 Å². The van der Waals surface area contributed by atoms with Crippen LogP contribution in [0.2, 0.25) is 0 Å². The van der Waals surface area contributed by atoms with E-state index in [2.05, 4.69) is 27.3 Å². The fourth-order valence-corrected chi connectivity index (χ4v) is 2.93. The van der Waals surface area contributed by atoms with Gasteiger partial charge in [0.05, 0.1) is 4.90 Å². The first-order valence-electron chi connectivity index (χ1n) is 5.92. The highest BCUT2D eigenvalue weighted by Gasteiger charge is 2.12. The normalized spacial score (nSPS) is 11.7. The number of hydrogen-bond donors (Lipinski definition) is 2. The Hall–Kier alpha value is -0.180. The molecule has 0 unspecified atom stereocenters. The molecule has 6 heteroatoms. The third-order valence-corrected chi connectivity index (χ3v) is 4.70. The minimum Gasteiger partial charge on any atom is -0.396 e. The van der Waals surface area contributed by atoms with E-state index < -0.39 is 10.0 Å². The Kier molecular flexibility index (Phi) is 7.13. The molecule has 18 heavy (non-hydrogen) atoms. The maximum atomic E-state index is 11.9. The predicted octanol–water partition coefficient (Wildman–Crippen LogP) is 2.12. The van der Waals surface area contributed by atoms with Gasteiger partial charge in [-0.15, -0.1) is 0 Å². The van der Waals surface area contributed by atoms with Crippen LogP contribution in [0, 0.1) is 3.57 Å².